The van der Waals surface area contributed by atoms with E-state index in [1.165, 1.54) is 19.2 Å². The van der Waals surface area contributed by atoms with E-state index >= 15 is 0 Å². The molecule has 0 N–H and O–H groups in total. The number of rotatable bonds is 7. The second-order valence-corrected chi connectivity index (χ2v) is 6.30. The van der Waals surface area contributed by atoms with Gasteiger partial charge in [0.2, 0.25) is 0 Å². The van der Waals surface area contributed by atoms with Crippen molar-refractivity contribution in [1.29, 1.82) is 0 Å². The first-order chi connectivity index (χ1) is 10.1. The maximum Gasteiger partial charge on any atom is 0.180 e. The van der Waals surface area contributed by atoms with Crippen LogP contribution in [0.25, 0.3) is 0 Å². The summed E-state index contributed by atoms with van der Waals surface area (Å²) in [7, 11) is -2.05. The predicted octanol–water partition coefficient (Wildman–Crippen LogP) is 2.83. The van der Waals surface area contributed by atoms with Gasteiger partial charge in [0.05, 0.1) is 24.4 Å². The molecule has 0 spiro atoms. The molecule has 0 aliphatic carbocycles. The normalized spacial score (nSPS) is 11.3. The first-order valence-corrected chi connectivity index (χ1v) is 7.98. The molecule has 2 aromatic carbocycles. The molecule has 0 aromatic heterocycles. The Balaban J connectivity index is 2.05. The van der Waals surface area contributed by atoms with Gasteiger partial charge in [0.15, 0.2) is 9.84 Å². The first-order valence-electron chi connectivity index (χ1n) is 6.33. The van der Waals surface area contributed by atoms with Crippen LogP contribution in [0.1, 0.15) is 0 Å². The van der Waals surface area contributed by atoms with Gasteiger partial charge >= 0.3 is 0 Å². The summed E-state index contributed by atoms with van der Waals surface area (Å²) in [5.41, 5.74) is 0. The van der Waals surface area contributed by atoms with E-state index in [-0.39, 0.29) is 17.3 Å². The van der Waals surface area contributed by atoms with E-state index in [0.717, 1.165) is 0 Å². The zero-order valence-corrected chi connectivity index (χ0v) is 12.4. The fourth-order valence-corrected chi connectivity index (χ4v) is 2.76. The first kappa shape index (κ1) is 15.5. The third-order valence-electron chi connectivity index (χ3n) is 2.72. The second-order valence-electron chi connectivity index (χ2n) is 4.19. The van der Waals surface area contributed by atoms with E-state index in [4.69, 9.17) is 4.74 Å². The Morgan fingerprint density at radius 1 is 0.905 bits per heavy atom. The molecule has 0 saturated carbocycles. The number of para-hydroxylation sites is 1. The third kappa shape index (κ3) is 4.56. The summed E-state index contributed by atoms with van der Waals surface area (Å²) < 4.78 is 29.6. The largest absolute Gasteiger partial charge is 0.457 e. The van der Waals surface area contributed by atoms with Gasteiger partial charge in [-0.25, -0.2) is 18.2 Å². The van der Waals surface area contributed by atoms with Gasteiger partial charge in [0, 0.05) is 0 Å². The molecule has 0 bridgehead atoms. The van der Waals surface area contributed by atoms with Crippen LogP contribution in [0.15, 0.2) is 59.5 Å². The highest BCUT2D eigenvalue weighted by molar-refractivity contribution is 7.91. The molecule has 21 heavy (non-hydrogen) atoms. The molecule has 0 unspecified atom stereocenters. The Hall–Kier alpha value is -1.89. The Morgan fingerprint density at radius 3 is 2.14 bits per heavy atom. The van der Waals surface area contributed by atoms with Gasteiger partial charge in [-0.15, -0.1) is 0 Å². The van der Waals surface area contributed by atoms with Gasteiger partial charge in [0.25, 0.3) is 0 Å². The highest BCUT2D eigenvalue weighted by Gasteiger charge is 2.14. The molecular formula is C15H16O5S. The van der Waals surface area contributed by atoms with Gasteiger partial charge in [-0.1, -0.05) is 18.2 Å². The Bertz CT molecular complexity index is 650. The number of benzene rings is 2. The lowest BCUT2D eigenvalue weighted by Crippen LogP contribution is -2.12. The molecule has 0 amide bonds. The molecule has 0 saturated heterocycles. The summed E-state index contributed by atoms with van der Waals surface area (Å²) in [4.78, 5) is 9.19. The predicted molar refractivity (Wildman–Crippen MR) is 78.0 cm³/mol. The van der Waals surface area contributed by atoms with Crippen molar-refractivity contribution in [1.82, 2.24) is 0 Å². The Morgan fingerprint density at radius 2 is 1.52 bits per heavy atom. The lowest BCUT2D eigenvalue weighted by Gasteiger charge is -2.07. The van der Waals surface area contributed by atoms with Gasteiger partial charge in [-0.3, -0.25) is 0 Å². The summed E-state index contributed by atoms with van der Waals surface area (Å²) in [6, 6.07) is 15.5. The average Bonchev–Trinajstić information content (AvgIpc) is 2.49. The van der Waals surface area contributed by atoms with Crippen LogP contribution < -0.4 is 4.74 Å². The molecule has 0 atom stereocenters. The van der Waals surface area contributed by atoms with E-state index < -0.39 is 9.84 Å². The fourth-order valence-electron chi connectivity index (χ4n) is 1.68. The molecular weight excluding hydrogens is 292 g/mol. The zero-order chi connectivity index (χ0) is 15.1. The number of hydrogen-bond donors (Lipinski definition) is 0. The van der Waals surface area contributed by atoms with E-state index in [0.29, 0.717) is 11.5 Å². The van der Waals surface area contributed by atoms with Crippen LogP contribution in [0.4, 0.5) is 0 Å². The fraction of sp³-hybridized carbons (Fsp3) is 0.200. The highest BCUT2D eigenvalue weighted by Crippen LogP contribution is 2.22. The number of hydrogen-bond acceptors (Lipinski definition) is 5. The van der Waals surface area contributed by atoms with Crippen LogP contribution in [-0.4, -0.2) is 27.9 Å². The van der Waals surface area contributed by atoms with E-state index in [1.807, 2.05) is 30.3 Å². The smallest absolute Gasteiger partial charge is 0.180 e. The Labute approximate surface area is 123 Å². The minimum Gasteiger partial charge on any atom is -0.457 e. The average molecular weight is 308 g/mol. The zero-order valence-electron chi connectivity index (χ0n) is 11.6. The van der Waals surface area contributed by atoms with Crippen LogP contribution in [-0.2, 0) is 19.6 Å². The van der Waals surface area contributed by atoms with Crippen molar-refractivity contribution in [3.63, 3.8) is 0 Å². The highest BCUT2D eigenvalue weighted by atomic mass is 32.2. The van der Waals surface area contributed by atoms with Gasteiger partial charge in [-0.05, 0) is 36.4 Å². The lowest BCUT2D eigenvalue weighted by atomic mass is 10.3. The molecule has 0 heterocycles. The SMILES string of the molecule is COOCCS(=O)(=O)c1ccc(Oc2ccccc2)cc1. The number of sulfone groups is 1. The van der Waals surface area contributed by atoms with Crippen molar-refractivity contribution < 1.29 is 22.9 Å². The molecule has 2 rings (SSSR count). The van der Waals surface area contributed by atoms with E-state index in [2.05, 4.69) is 9.78 Å². The quantitative estimate of drug-likeness (QED) is 0.447. The summed E-state index contributed by atoms with van der Waals surface area (Å²) in [6.07, 6.45) is 0. The molecule has 0 fully saturated rings. The maximum absolute atomic E-state index is 12.0. The third-order valence-corrected chi connectivity index (χ3v) is 4.41. The summed E-state index contributed by atoms with van der Waals surface area (Å²) in [6.45, 7) is -0.0128. The van der Waals surface area contributed by atoms with Crippen LogP contribution in [0.5, 0.6) is 11.5 Å². The molecule has 0 radical (unpaired) electrons. The van der Waals surface area contributed by atoms with Gasteiger partial charge in [-0.2, -0.15) is 0 Å². The summed E-state index contributed by atoms with van der Waals surface area (Å²) >= 11 is 0. The molecule has 112 valence electrons. The van der Waals surface area contributed by atoms with Crippen LogP contribution in [0.3, 0.4) is 0 Å². The molecule has 0 aliphatic heterocycles. The van der Waals surface area contributed by atoms with Gasteiger partial charge in [0.1, 0.15) is 11.5 Å². The Kier molecular flexibility index (Phi) is 5.32. The van der Waals surface area contributed by atoms with Crippen molar-refractivity contribution in [3.05, 3.63) is 54.6 Å². The van der Waals surface area contributed by atoms with Crippen LogP contribution >= 0.6 is 0 Å². The lowest BCUT2D eigenvalue weighted by molar-refractivity contribution is -0.267. The summed E-state index contributed by atoms with van der Waals surface area (Å²) in [5, 5.41) is 0. The van der Waals surface area contributed by atoms with Crippen molar-refractivity contribution in [2.45, 2.75) is 4.90 Å². The van der Waals surface area contributed by atoms with Crippen molar-refractivity contribution >= 4 is 9.84 Å². The molecule has 2 aromatic rings. The number of ether oxygens (including phenoxy) is 1. The molecule has 0 aliphatic rings. The monoisotopic (exact) mass is 308 g/mol. The van der Waals surface area contributed by atoms with Crippen molar-refractivity contribution in [3.8, 4) is 11.5 Å². The van der Waals surface area contributed by atoms with Crippen LogP contribution in [0, 0.1) is 0 Å². The minimum atomic E-state index is -3.38. The molecule has 6 heteroatoms. The minimum absolute atomic E-state index is 0.0128. The molecule has 5 nitrogen and oxygen atoms in total. The standard InChI is InChI=1S/C15H16O5S/c1-18-19-11-12-21(16,17)15-9-7-14(8-10-15)20-13-5-3-2-4-6-13/h2-10H,11-12H2,1H3. The van der Waals surface area contributed by atoms with Crippen molar-refractivity contribution in [2.24, 2.45) is 0 Å². The second kappa shape index (κ2) is 7.21. The van der Waals surface area contributed by atoms with Crippen molar-refractivity contribution in [2.75, 3.05) is 19.5 Å². The topological polar surface area (TPSA) is 61.8 Å². The van der Waals surface area contributed by atoms with Crippen LogP contribution in [0.2, 0.25) is 0 Å². The maximum atomic E-state index is 12.0. The summed E-state index contributed by atoms with van der Waals surface area (Å²) in [5.74, 6) is 1.13. The van der Waals surface area contributed by atoms with E-state index in [1.54, 1.807) is 12.1 Å². The van der Waals surface area contributed by atoms with Gasteiger partial charge < -0.3 is 4.74 Å². The van der Waals surface area contributed by atoms with E-state index in [9.17, 15) is 8.42 Å².